The highest BCUT2D eigenvalue weighted by Crippen LogP contribution is 2.45. The van der Waals surface area contributed by atoms with Crippen LogP contribution < -0.4 is 9.46 Å². The molecule has 1 aliphatic rings. The Balaban J connectivity index is 1.58. The smallest absolute Gasteiger partial charge is 0.264 e. The van der Waals surface area contributed by atoms with E-state index in [-0.39, 0.29) is 11.3 Å². The molecule has 1 atom stereocenters. The van der Waals surface area contributed by atoms with Gasteiger partial charge in [-0.25, -0.2) is 18.1 Å². The third-order valence-electron chi connectivity index (χ3n) is 6.65. The van der Waals surface area contributed by atoms with Crippen LogP contribution in [-0.2, 0) is 33.1 Å². The quantitative estimate of drug-likeness (QED) is 0.405. The van der Waals surface area contributed by atoms with Crippen LogP contribution in [0, 0.1) is 0 Å². The van der Waals surface area contributed by atoms with Gasteiger partial charge in [-0.15, -0.1) is 0 Å². The van der Waals surface area contributed by atoms with Gasteiger partial charge < -0.3 is 4.74 Å². The second-order valence-corrected chi connectivity index (χ2v) is 10.7. The van der Waals surface area contributed by atoms with E-state index in [9.17, 15) is 13.2 Å². The van der Waals surface area contributed by atoms with Crippen molar-refractivity contribution < 1.29 is 17.9 Å². The molecule has 1 unspecified atom stereocenters. The number of rotatable bonds is 6. The van der Waals surface area contributed by atoms with Gasteiger partial charge in [0.25, 0.3) is 10.0 Å². The zero-order valence-electron chi connectivity index (χ0n) is 19.0. The van der Waals surface area contributed by atoms with Crippen molar-refractivity contribution >= 4 is 38.3 Å². The zero-order valence-corrected chi connectivity index (χ0v) is 20.6. The van der Waals surface area contributed by atoms with Crippen LogP contribution in [0.15, 0.2) is 83.9 Å². The highest BCUT2D eigenvalue weighted by atomic mass is 35.5. The molecule has 0 fully saturated rings. The van der Waals surface area contributed by atoms with Gasteiger partial charge in [-0.1, -0.05) is 60.1 Å². The maximum atomic E-state index is 13.9. The van der Waals surface area contributed by atoms with Gasteiger partial charge in [0.2, 0.25) is 11.8 Å². The van der Waals surface area contributed by atoms with Gasteiger partial charge in [0.15, 0.2) is 0 Å². The minimum absolute atomic E-state index is 0.0639. The molecule has 0 radical (unpaired) electrons. The minimum Gasteiger partial charge on any atom is -0.481 e. The summed E-state index contributed by atoms with van der Waals surface area (Å²) in [6.45, 7) is 0. The number of halogens is 1. The van der Waals surface area contributed by atoms with Crippen LogP contribution in [0.4, 0.5) is 0 Å². The molecule has 3 aromatic carbocycles. The molecule has 8 heteroatoms. The number of benzene rings is 3. The Bertz CT molecular complexity index is 1550. The lowest BCUT2D eigenvalue weighted by atomic mass is 9.76. The van der Waals surface area contributed by atoms with Crippen molar-refractivity contribution in [3.63, 3.8) is 0 Å². The summed E-state index contributed by atoms with van der Waals surface area (Å²) in [5.74, 6) is -0.159. The number of pyridine rings is 1. The lowest BCUT2D eigenvalue weighted by molar-refractivity contribution is -0.125. The lowest BCUT2D eigenvalue weighted by Gasteiger charge is -2.29. The van der Waals surface area contributed by atoms with Gasteiger partial charge in [-0.05, 0) is 59.5 Å². The van der Waals surface area contributed by atoms with E-state index in [4.69, 9.17) is 16.3 Å². The average Bonchev–Trinajstić information content (AvgIpc) is 3.24. The van der Waals surface area contributed by atoms with Crippen molar-refractivity contribution in [3.05, 3.63) is 101 Å². The fourth-order valence-electron chi connectivity index (χ4n) is 4.96. The molecule has 1 aromatic heterocycles. The third kappa shape index (κ3) is 4.15. The summed E-state index contributed by atoms with van der Waals surface area (Å²) in [5.41, 5.74) is 1.30. The first-order valence-electron chi connectivity index (χ1n) is 11.2. The molecule has 0 aliphatic heterocycles. The summed E-state index contributed by atoms with van der Waals surface area (Å²) >= 11 is 6.47. The maximum absolute atomic E-state index is 13.9. The van der Waals surface area contributed by atoms with E-state index in [0.29, 0.717) is 29.1 Å². The summed E-state index contributed by atoms with van der Waals surface area (Å²) in [6.07, 6.45) is 2.88. The van der Waals surface area contributed by atoms with E-state index in [0.717, 1.165) is 22.1 Å². The fourth-order valence-corrected chi connectivity index (χ4v) is 6.51. The molecular formula is C27H23ClN2O4S. The summed E-state index contributed by atoms with van der Waals surface area (Å²) in [6, 6.07) is 21.2. The Kier molecular flexibility index (Phi) is 5.99. The third-order valence-corrected chi connectivity index (χ3v) is 8.39. The normalized spacial score (nSPS) is 17.2. The van der Waals surface area contributed by atoms with Gasteiger partial charge in [-0.2, -0.15) is 0 Å². The monoisotopic (exact) mass is 506 g/mol. The first kappa shape index (κ1) is 23.3. The molecule has 178 valence electrons. The second kappa shape index (κ2) is 8.98. The molecule has 1 aliphatic carbocycles. The molecule has 0 saturated carbocycles. The van der Waals surface area contributed by atoms with Crippen LogP contribution in [0.3, 0.4) is 0 Å². The van der Waals surface area contributed by atoms with E-state index < -0.39 is 21.3 Å². The number of ether oxygens (including phenoxy) is 1. The molecule has 0 saturated heterocycles. The van der Waals surface area contributed by atoms with Gasteiger partial charge in [0, 0.05) is 22.7 Å². The van der Waals surface area contributed by atoms with E-state index in [1.54, 1.807) is 48.7 Å². The van der Waals surface area contributed by atoms with Crippen molar-refractivity contribution in [1.82, 2.24) is 9.71 Å². The molecule has 0 bridgehead atoms. The first-order chi connectivity index (χ1) is 16.8. The zero-order chi connectivity index (χ0) is 24.6. The number of nitrogens with zero attached hydrogens (tertiary/aromatic N) is 1. The number of hydrogen-bond donors (Lipinski definition) is 1. The Morgan fingerprint density at radius 3 is 2.69 bits per heavy atom. The number of nitrogens with one attached hydrogen (secondary N) is 1. The van der Waals surface area contributed by atoms with Crippen LogP contribution in [0.1, 0.15) is 23.1 Å². The number of carbonyl (C=O) groups excluding carboxylic acids is 1. The number of sulfonamides is 1. The standard InChI is InChI=1S/C27H23ClN2O4S/c1-34-25-16-18(13-15-29-25)17-27(14-12-21-22(27)9-5-10-23(21)28)26(31)30-35(32,33)24-11-4-7-19-6-2-3-8-20(19)24/h2-11,13,15-16H,12,14,17H2,1H3,(H,30,31). The molecule has 1 N–H and O–H groups in total. The number of methoxy groups -OCH3 is 1. The van der Waals surface area contributed by atoms with E-state index in [1.165, 1.54) is 13.2 Å². The lowest BCUT2D eigenvalue weighted by Crippen LogP contribution is -2.47. The predicted molar refractivity (Wildman–Crippen MR) is 135 cm³/mol. The van der Waals surface area contributed by atoms with E-state index in [2.05, 4.69) is 9.71 Å². The Morgan fingerprint density at radius 1 is 1.09 bits per heavy atom. The maximum Gasteiger partial charge on any atom is 0.264 e. The van der Waals surface area contributed by atoms with Crippen molar-refractivity contribution in [1.29, 1.82) is 0 Å². The number of amides is 1. The number of hydrogen-bond acceptors (Lipinski definition) is 5. The molecular weight excluding hydrogens is 484 g/mol. The van der Waals surface area contributed by atoms with Crippen molar-refractivity contribution in [2.45, 2.75) is 29.6 Å². The topological polar surface area (TPSA) is 85.4 Å². The molecule has 0 spiro atoms. The van der Waals surface area contributed by atoms with E-state index >= 15 is 0 Å². The molecule has 4 aromatic rings. The van der Waals surface area contributed by atoms with Gasteiger partial charge in [0.05, 0.1) is 17.4 Å². The molecule has 35 heavy (non-hydrogen) atoms. The summed E-state index contributed by atoms with van der Waals surface area (Å²) in [5, 5.41) is 1.90. The largest absolute Gasteiger partial charge is 0.481 e. The first-order valence-corrected chi connectivity index (χ1v) is 13.0. The van der Waals surface area contributed by atoms with Gasteiger partial charge >= 0.3 is 0 Å². The van der Waals surface area contributed by atoms with Crippen LogP contribution in [0.25, 0.3) is 10.8 Å². The molecule has 6 nitrogen and oxygen atoms in total. The summed E-state index contributed by atoms with van der Waals surface area (Å²) in [4.78, 5) is 18.2. The van der Waals surface area contributed by atoms with Crippen LogP contribution in [0.5, 0.6) is 5.88 Å². The van der Waals surface area contributed by atoms with Crippen molar-refractivity contribution in [2.24, 2.45) is 0 Å². The number of carbonyl (C=O) groups is 1. The Morgan fingerprint density at radius 2 is 1.86 bits per heavy atom. The SMILES string of the molecule is COc1cc(CC2(C(=O)NS(=O)(=O)c3cccc4ccccc34)CCc3c(Cl)cccc32)ccn1. The highest BCUT2D eigenvalue weighted by Gasteiger charge is 2.47. The predicted octanol–water partition coefficient (Wildman–Crippen LogP) is 4.83. The molecule has 5 rings (SSSR count). The molecule has 1 heterocycles. The van der Waals surface area contributed by atoms with Crippen molar-refractivity contribution in [3.8, 4) is 5.88 Å². The summed E-state index contributed by atoms with van der Waals surface area (Å²) in [7, 11) is -2.63. The fraction of sp³-hybridized carbons (Fsp3) is 0.185. The summed E-state index contributed by atoms with van der Waals surface area (Å²) < 4.78 is 34.7. The van der Waals surface area contributed by atoms with Gasteiger partial charge in [-0.3, -0.25) is 4.79 Å². The minimum atomic E-state index is -4.15. The van der Waals surface area contributed by atoms with Crippen LogP contribution in [0.2, 0.25) is 5.02 Å². The van der Waals surface area contributed by atoms with Crippen molar-refractivity contribution in [2.75, 3.05) is 7.11 Å². The highest BCUT2D eigenvalue weighted by molar-refractivity contribution is 7.90. The second-order valence-electron chi connectivity index (χ2n) is 8.64. The average molecular weight is 507 g/mol. The Hall–Kier alpha value is -3.42. The Labute approximate surface area is 209 Å². The van der Waals surface area contributed by atoms with E-state index in [1.807, 2.05) is 24.3 Å². The van der Waals surface area contributed by atoms with Crippen LogP contribution >= 0.6 is 11.6 Å². The van der Waals surface area contributed by atoms with Crippen LogP contribution in [-0.4, -0.2) is 26.4 Å². The number of fused-ring (bicyclic) bond motifs is 2. The number of aromatic nitrogens is 1. The van der Waals surface area contributed by atoms with Gasteiger partial charge in [0.1, 0.15) is 0 Å². The molecule has 1 amide bonds.